The highest BCUT2D eigenvalue weighted by Crippen LogP contribution is 2.26. The molecule has 2 rings (SSSR count). The fourth-order valence-electron chi connectivity index (χ4n) is 1.98. The van der Waals surface area contributed by atoms with E-state index in [1.165, 1.54) is 0 Å². The molecule has 116 valence electrons. The lowest BCUT2D eigenvalue weighted by Gasteiger charge is -2.16. The Balaban J connectivity index is 2.04. The molecule has 5 heteroatoms. The van der Waals surface area contributed by atoms with E-state index in [0.29, 0.717) is 11.5 Å². The van der Waals surface area contributed by atoms with Gasteiger partial charge in [0.1, 0.15) is 17.5 Å². The van der Waals surface area contributed by atoms with Gasteiger partial charge in [-0.2, -0.15) is 0 Å². The number of ether oxygens (including phenoxy) is 2. The normalized spacial score (nSPS) is 11.4. The minimum Gasteiger partial charge on any atom is -0.497 e. The van der Waals surface area contributed by atoms with Gasteiger partial charge >= 0.3 is 0 Å². The number of benzene rings is 2. The molecule has 0 unspecified atom stereocenters. The van der Waals surface area contributed by atoms with Crippen molar-refractivity contribution in [3.05, 3.63) is 48.5 Å². The summed E-state index contributed by atoms with van der Waals surface area (Å²) < 4.78 is 10.4. The van der Waals surface area contributed by atoms with Gasteiger partial charge in [-0.15, -0.1) is 0 Å². The average molecular weight is 300 g/mol. The molecule has 0 aliphatic heterocycles. The summed E-state index contributed by atoms with van der Waals surface area (Å²) in [6.07, 6.45) is 0. The second-order valence-corrected chi connectivity index (χ2v) is 4.82. The standard InChI is InChI=1S/C17H20N2O3/c1-12(17(20)19-13-7-5-4-6-8-13)18-14-9-15(21-2)11-16(10-14)22-3/h4-12,18H,1-3H3,(H,19,20)/t12-/m0/s1. The molecule has 0 bridgehead atoms. The first-order chi connectivity index (χ1) is 10.6. The second kappa shape index (κ2) is 7.36. The molecule has 0 radical (unpaired) electrons. The van der Waals surface area contributed by atoms with Crippen LogP contribution in [0, 0.1) is 0 Å². The number of anilines is 2. The van der Waals surface area contributed by atoms with E-state index in [9.17, 15) is 4.79 Å². The molecule has 0 aliphatic carbocycles. The smallest absolute Gasteiger partial charge is 0.246 e. The maximum Gasteiger partial charge on any atom is 0.246 e. The van der Waals surface area contributed by atoms with Crippen molar-refractivity contribution in [3.8, 4) is 11.5 Å². The van der Waals surface area contributed by atoms with Crippen molar-refractivity contribution in [1.29, 1.82) is 0 Å². The van der Waals surface area contributed by atoms with E-state index in [1.54, 1.807) is 27.2 Å². The van der Waals surface area contributed by atoms with Crippen molar-refractivity contribution in [3.63, 3.8) is 0 Å². The SMILES string of the molecule is COc1cc(N[C@@H](C)C(=O)Nc2ccccc2)cc(OC)c1. The van der Waals surface area contributed by atoms with E-state index in [-0.39, 0.29) is 5.91 Å². The number of rotatable bonds is 6. The first-order valence-electron chi connectivity index (χ1n) is 6.98. The zero-order valence-corrected chi connectivity index (χ0v) is 12.9. The van der Waals surface area contributed by atoms with Crippen molar-refractivity contribution in [1.82, 2.24) is 0 Å². The molecule has 0 spiro atoms. The molecule has 22 heavy (non-hydrogen) atoms. The minimum atomic E-state index is -0.406. The van der Waals surface area contributed by atoms with Crippen LogP contribution >= 0.6 is 0 Å². The van der Waals surface area contributed by atoms with Gasteiger partial charge in [-0.05, 0) is 19.1 Å². The summed E-state index contributed by atoms with van der Waals surface area (Å²) in [7, 11) is 3.17. The molecular weight excluding hydrogens is 280 g/mol. The van der Waals surface area contributed by atoms with E-state index < -0.39 is 6.04 Å². The zero-order chi connectivity index (χ0) is 15.9. The van der Waals surface area contributed by atoms with Gasteiger partial charge in [0, 0.05) is 29.6 Å². The molecule has 0 aromatic heterocycles. The quantitative estimate of drug-likeness (QED) is 0.860. The topological polar surface area (TPSA) is 59.6 Å². The van der Waals surface area contributed by atoms with Crippen LogP contribution in [0.15, 0.2) is 48.5 Å². The van der Waals surface area contributed by atoms with Crippen molar-refractivity contribution in [2.45, 2.75) is 13.0 Å². The highest BCUT2D eigenvalue weighted by atomic mass is 16.5. The van der Waals surface area contributed by atoms with Crippen LogP contribution in [0.25, 0.3) is 0 Å². The Hall–Kier alpha value is -2.69. The Morgan fingerprint density at radius 3 is 2.09 bits per heavy atom. The monoisotopic (exact) mass is 300 g/mol. The molecule has 0 heterocycles. The lowest BCUT2D eigenvalue weighted by atomic mass is 10.2. The fraction of sp³-hybridized carbons (Fsp3) is 0.235. The Bertz CT molecular complexity index is 607. The fourth-order valence-corrected chi connectivity index (χ4v) is 1.98. The predicted molar refractivity (Wildman–Crippen MR) is 87.7 cm³/mol. The Kier molecular flexibility index (Phi) is 5.25. The highest BCUT2D eigenvalue weighted by Gasteiger charge is 2.13. The molecule has 0 saturated carbocycles. The number of amides is 1. The molecule has 2 aromatic rings. The first kappa shape index (κ1) is 15.7. The summed E-state index contributed by atoms with van der Waals surface area (Å²) in [5, 5.41) is 5.99. The van der Waals surface area contributed by atoms with Gasteiger partial charge in [-0.3, -0.25) is 4.79 Å². The molecule has 0 fully saturated rings. The number of carbonyl (C=O) groups excluding carboxylic acids is 1. The van der Waals surface area contributed by atoms with Gasteiger partial charge < -0.3 is 20.1 Å². The Morgan fingerprint density at radius 2 is 1.55 bits per heavy atom. The van der Waals surface area contributed by atoms with Gasteiger partial charge in [-0.1, -0.05) is 18.2 Å². The number of carbonyl (C=O) groups is 1. The van der Waals surface area contributed by atoms with Crippen LogP contribution in [0.1, 0.15) is 6.92 Å². The van der Waals surface area contributed by atoms with Gasteiger partial charge in [0.2, 0.25) is 5.91 Å². The van der Waals surface area contributed by atoms with Crippen molar-refractivity contribution >= 4 is 17.3 Å². The molecule has 1 amide bonds. The number of nitrogens with one attached hydrogen (secondary N) is 2. The van der Waals surface area contributed by atoms with Gasteiger partial charge in [0.05, 0.1) is 14.2 Å². The summed E-state index contributed by atoms with van der Waals surface area (Å²) in [5.41, 5.74) is 1.52. The van der Waals surface area contributed by atoms with Crippen LogP contribution in [0.4, 0.5) is 11.4 Å². The van der Waals surface area contributed by atoms with Crippen molar-refractivity contribution < 1.29 is 14.3 Å². The lowest BCUT2D eigenvalue weighted by molar-refractivity contribution is -0.116. The molecular formula is C17H20N2O3. The van der Waals surface area contributed by atoms with E-state index in [4.69, 9.17) is 9.47 Å². The highest BCUT2D eigenvalue weighted by molar-refractivity contribution is 5.96. The second-order valence-electron chi connectivity index (χ2n) is 4.82. The third kappa shape index (κ3) is 4.15. The summed E-state index contributed by atoms with van der Waals surface area (Å²) in [6.45, 7) is 1.80. The number of para-hydroxylation sites is 1. The van der Waals surface area contributed by atoms with Gasteiger partial charge in [0.25, 0.3) is 0 Å². The van der Waals surface area contributed by atoms with Gasteiger partial charge in [-0.25, -0.2) is 0 Å². The van der Waals surface area contributed by atoms with E-state index in [2.05, 4.69) is 10.6 Å². The first-order valence-corrected chi connectivity index (χ1v) is 6.98. The van der Waals surface area contributed by atoms with Crippen molar-refractivity contribution in [2.24, 2.45) is 0 Å². The number of hydrogen-bond donors (Lipinski definition) is 2. The number of methoxy groups -OCH3 is 2. The van der Waals surface area contributed by atoms with Gasteiger partial charge in [0.15, 0.2) is 0 Å². The summed E-state index contributed by atoms with van der Waals surface area (Å²) in [5.74, 6) is 1.21. The minimum absolute atomic E-state index is 0.118. The van der Waals surface area contributed by atoms with E-state index in [1.807, 2.05) is 42.5 Å². The maximum absolute atomic E-state index is 12.2. The third-order valence-electron chi connectivity index (χ3n) is 3.17. The summed E-state index contributed by atoms with van der Waals surface area (Å²) in [6, 6.07) is 14.3. The number of hydrogen-bond acceptors (Lipinski definition) is 4. The molecule has 5 nitrogen and oxygen atoms in total. The zero-order valence-electron chi connectivity index (χ0n) is 12.9. The van der Waals surface area contributed by atoms with Crippen LogP contribution < -0.4 is 20.1 Å². The van der Waals surface area contributed by atoms with E-state index in [0.717, 1.165) is 11.4 Å². The van der Waals surface area contributed by atoms with Crippen LogP contribution in [0.3, 0.4) is 0 Å². The molecule has 2 N–H and O–H groups in total. The van der Waals surface area contributed by atoms with E-state index >= 15 is 0 Å². The summed E-state index contributed by atoms with van der Waals surface area (Å²) in [4.78, 5) is 12.2. The third-order valence-corrected chi connectivity index (χ3v) is 3.17. The van der Waals surface area contributed by atoms with Crippen LogP contribution in [0.5, 0.6) is 11.5 Å². The van der Waals surface area contributed by atoms with Crippen molar-refractivity contribution in [2.75, 3.05) is 24.9 Å². The molecule has 0 aliphatic rings. The Labute approximate surface area is 130 Å². The van der Waals surface area contributed by atoms with Crippen LogP contribution in [-0.2, 0) is 4.79 Å². The lowest BCUT2D eigenvalue weighted by Crippen LogP contribution is -2.31. The molecule has 2 aromatic carbocycles. The van der Waals surface area contributed by atoms with Crippen LogP contribution in [-0.4, -0.2) is 26.2 Å². The predicted octanol–water partition coefficient (Wildman–Crippen LogP) is 3.14. The molecule has 0 saturated heterocycles. The summed E-state index contributed by atoms with van der Waals surface area (Å²) >= 11 is 0. The maximum atomic E-state index is 12.2. The Morgan fingerprint density at radius 1 is 0.955 bits per heavy atom. The molecule has 1 atom stereocenters. The average Bonchev–Trinajstić information content (AvgIpc) is 2.55. The van der Waals surface area contributed by atoms with Crippen LogP contribution in [0.2, 0.25) is 0 Å². The largest absolute Gasteiger partial charge is 0.497 e.